The number of rotatable bonds is 3. The SMILES string of the molecule is COc1ccc(C2NC(C)C(=O)N2C(C)C(C)(C)C)cc1. The van der Waals surface area contributed by atoms with E-state index in [4.69, 9.17) is 4.74 Å². The second kappa shape index (κ2) is 5.68. The van der Waals surface area contributed by atoms with Crippen molar-refractivity contribution in [3.05, 3.63) is 29.8 Å². The largest absolute Gasteiger partial charge is 0.497 e. The predicted octanol–water partition coefficient (Wildman–Crippen LogP) is 2.95. The highest BCUT2D eigenvalue weighted by molar-refractivity contribution is 5.84. The first-order valence-electron chi connectivity index (χ1n) is 7.48. The molecule has 0 aromatic heterocycles. The standard InChI is InChI=1S/C17H26N2O2/c1-11-16(20)19(12(2)17(3,4)5)15(18-11)13-7-9-14(21-6)10-8-13/h7-12,15,18H,1-6H3. The molecule has 0 spiro atoms. The van der Waals surface area contributed by atoms with Crippen molar-refractivity contribution in [2.24, 2.45) is 5.41 Å². The Morgan fingerprint density at radius 2 is 1.81 bits per heavy atom. The molecule has 1 aliphatic rings. The van der Waals surface area contributed by atoms with Gasteiger partial charge in [-0.15, -0.1) is 0 Å². The summed E-state index contributed by atoms with van der Waals surface area (Å²) in [6.07, 6.45) is -0.0763. The molecule has 21 heavy (non-hydrogen) atoms. The molecule has 1 N–H and O–H groups in total. The first-order chi connectivity index (χ1) is 9.75. The molecule has 0 radical (unpaired) electrons. The molecule has 1 aromatic carbocycles. The van der Waals surface area contributed by atoms with E-state index in [9.17, 15) is 4.79 Å². The number of carbonyl (C=O) groups is 1. The summed E-state index contributed by atoms with van der Waals surface area (Å²) in [5.41, 5.74) is 1.12. The molecule has 116 valence electrons. The number of nitrogens with one attached hydrogen (secondary N) is 1. The third-order valence-electron chi connectivity index (χ3n) is 4.41. The molecule has 1 amide bonds. The maximum atomic E-state index is 12.5. The van der Waals surface area contributed by atoms with Gasteiger partial charge in [0, 0.05) is 6.04 Å². The van der Waals surface area contributed by atoms with Crippen LogP contribution in [0.4, 0.5) is 0 Å². The Labute approximate surface area is 127 Å². The fourth-order valence-corrected chi connectivity index (χ4v) is 2.61. The van der Waals surface area contributed by atoms with Crippen LogP contribution in [0.25, 0.3) is 0 Å². The molecular weight excluding hydrogens is 264 g/mol. The third kappa shape index (κ3) is 3.05. The van der Waals surface area contributed by atoms with Crippen LogP contribution in [0.15, 0.2) is 24.3 Å². The highest BCUT2D eigenvalue weighted by Gasteiger charge is 2.42. The lowest BCUT2D eigenvalue weighted by atomic mass is 9.86. The van der Waals surface area contributed by atoms with Crippen LogP contribution >= 0.6 is 0 Å². The Morgan fingerprint density at radius 3 is 2.29 bits per heavy atom. The minimum absolute atomic E-state index is 0.0338. The van der Waals surface area contributed by atoms with Gasteiger partial charge in [0.15, 0.2) is 0 Å². The molecule has 1 aromatic rings. The van der Waals surface area contributed by atoms with Crippen LogP contribution in [-0.4, -0.2) is 30.0 Å². The van der Waals surface area contributed by atoms with Crippen molar-refractivity contribution >= 4 is 5.91 Å². The summed E-state index contributed by atoms with van der Waals surface area (Å²) in [5, 5.41) is 3.40. The zero-order valence-corrected chi connectivity index (χ0v) is 13.8. The highest BCUT2D eigenvalue weighted by atomic mass is 16.5. The molecular formula is C17H26N2O2. The van der Waals surface area contributed by atoms with Crippen LogP contribution in [0.2, 0.25) is 0 Å². The number of hydrogen-bond acceptors (Lipinski definition) is 3. The summed E-state index contributed by atoms with van der Waals surface area (Å²) in [4.78, 5) is 14.5. The average Bonchev–Trinajstić information content (AvgIpc) is 2.73. The number of nitrogens with zero attached hydrogens (tertiary/aromatic N) is 1. The van der Waals surface area contributed by atoms with E-state index in [1.807, 2.05) is 36.1 Å². The number of methoxy groups -OCH3 is 1. The molecule has 1 aliphatic heterocycles. The molecule has 0 bridgehead atoms. The van der Waals surface area contributed by atoms with Gasteiger partial charge in [0.2, 0.25) is 5.91 Å². The smallest absolute Gasteiger partial charge is 0.241 e. The van der Waals surface area contributed by atoms with Gasteiger partial charge in [-0.25, -0.2) is 0 Å². The van der Waals surface area contributed by atoms with Crippen molar-refractivity contribution < 1.29 is 9.53 Å². The zero-order valence-electron chi connectivity index (χ0n) is 13.8. The first kappa shape index (κ1) is 15.8. The van der Waals surface area contributed by atoms with E-state index in [2.05, 4.69) is 33.0 Å². The fraction of sp³-hybridized carbons (Fsp3) is 0.588. The predicted molar refractivity (Wildman–Crippen MR) is 84.1 cm³/mol. The zero-order chi connectivity index (χ0) is 15.8. The number of hydrogen-bond donors (Lipinski definition) is 1. The quantitative estimate of drug-likeness (QED) is 0.930. The number of amides is 1. The molecule has 2 rings (SSSR count). The Morgan fingerprint density at radius 1 is 1.24 bits per heavy atom. The van der Waals surface area contributed by atoms with Gasteiger partial charge < -0.3 is 9.64 Å². The third-order valence-corrected chi connectivity index (χ3v) is 4.41. The van der Waals surface area contributed by atoms with Crippen LogP contribution in [0.5, 0.6) is 5.75 Å². The van der Waals surface area contributed by atoms with Crippen LogP contribution in [0, 0.1) is 5.41 Å². The normalized spacial score (nSPS) is 24.3. The number of ether oxygens (including phenoxy) is 1. The van der Waals surface area contributed by atoms with E-state index >= 15 is 0 Å². The van der Waals surface area contributed by atoms with Gasteiger partial charge in [-0.1, -0.05) is 32.9 Å². The highest BCUT2D eigenvalue weighted by Crippen LogP contribution is 2.34. The van der Waals surface area contributed by atoms with Gasteiger partial charge in [-0.3, -0.25) is 10.1 Å². The summed E-state index contributed by atoms with van der Waals surface area (Å²) >= 11 is 0. The van der Waals surface area contributed by atoms with Crippen molar-refractivity contribution in [2.45, 2.75) is 52.9 Å². The lowest BCUT2D eigenvalue weighted by Gasteiger charge is -2.38. The van der Waals surface area contributed by atoms with Crippen molar-refractivity contribution in [3.8, 4) is 5.75 Å². The lowest BCUT2D eigenvalue weighted by Crippen LogP contribution is -2.45. The number of benzene rings is 1. The molecule has 1 saturated heterocycles. The van der Waals surface area contributed by atoms with Gasteiger partial charge in [-0.2, -0.15) is 0 Å². The van der Waals surface area contributed by atoms with Crippen LogP contribution < -0.4 is 10.1 Å². The van der Waals surface area contributed by atoms with E-state index in [-0.39, 0.29) is 29.6 Å². The van der Waals surface area contributed by atoms with Crippen molar-refractivity contribution in [1.29, 1.82) is 0 Å². The summed E-state index contributed by atoms with van der Waals surface area (Å²) in [7, 11) is 1.66. The van der Waals surface area contributed by atoms with Crippen LogP contribution in [0.1, 0.15) is 46.3 Å². The topological polar surface area (TPSA) is 41.6 Å². The van der Waals surface area contributed by atoms with Gasteiger partial charge in [-0.05, 0) is 37.0 Å². The second-order valence-electron chi connectivity index (χ2n) is 6.85. The Bertz CT molecular complexity index is 505. The Kier molecular flexibility index (Phi) is 4.28. The molecule has 4 nitrogen and oxygen atoms in total. The van der Waals surface area contributed by atoms with E-state index in [1.54, 1.807) is 7.11 Å². The van der Waals surface area contributed by atoms with Crippen molar-refractivity contribution in [2.75, 3.05) is 7.11 Å². The molecule has 0 saturated carbocycles. The summed E-state index contributed by atoms with van der Waals surface area (Å²) in [5.74, 6) is 0.991. The minimum Gasteiger partial charge on any atom is -0.497 e. The lowest BCUT2D eigenvalue weighted by molar-refractivity contribution is -0.134. The Hall–Kier alpha value is -1.55. The van der Waals surface area contributed by atoms with Crippen molar-refractivity contribution in [3.63, 3.8) is 0 Å². The maximum Gasteiger partial charge on any atom is 0.241 e. The molecule has 4 heteroatoms. The van der Waals surface area contributed by atoms with E-state index in [0.717, 1.165) is 11.3 Å². The first-order valence-corrected chi connectivity index (χ1v) is 7.48. The van der Waals surface area contributed by atoms with Gasteiger partial charge >= 0.3 is 0 Å². The molecule has 0 aliphatic carbocycles. The van der Waals surface area contributed by atoms with Gasteiger partial charge in [0.1, 0.15) is 11.9 Å². The average molecular weight is 290 g/mol. The van der Waals surface area contributed by atoms with Crippen LogP contribution in [0.3, 0.4) is 0 Å². The van der Waals surface area contributed by atoms with Gasteiger partial charge in [0.05, 0.1) is 13.2 Å². The van der Waals surface area contributed by atoms with Gasteiger partial charge in [0.25, 0.3) is 0 Å². The summed E-state index contributed by atoms with van der Waals surface area (Å²) < 4.78 is 5.20. The van der Waals surface area contributed by atoms with Crippen molar-refractivity contribution in [1.82, 2.24) is 10.2 Å². The molecule has 3 unspecified atom stereocenters. The molecule has 1 fully saturated rings. The second-order valence-corrected chi connectivity index (χ2v) is 6.85. The summed E-state index contributed by atoms with van der Waals surface area (Å²) in [6.45, 7) is 10.5. The van der Waals surface area contributed by atoms with E-state index in [0.29, 0.717) is 0 Å². The molecule has 1 heterocycles. The fourth-order valence-electron chi connectivity index (χ4n) is 2.61. The van der Waals surface area contributed by atoms with Crippen LogP contribution in [-0.2, 0) is 4.79 Å². The monoisotopic (exact) mass is 290 g/mol. The maximum absolute atomic E-state index is 12.5. The number of carbonyl (C=O) groups excluding carboxylic acids is 1. The summed E-state index contributed by atoms with van der Waals surface area (Å²) in [6, 6.07) is 7.90. The van der Waals surface area contributed by atoms with E-state index < -0.39 is 0 Å². The van der Waals surface area contributed by atoms with E-state index in [1.165, 1.54) is 0 Å². The molecule has 3 atom stereocenters. The minimum atomic E-state index is -0.151. The Balaban J connectivity index is 2.33.